The molecule has 0 aromatic heterocycles. The third-order valence-corrected chi connectivity index (χ3v) is 2.40. The van der Waals surface area contributed by atoms with Crippen molar-refractivity contribution in [1.82, 2.24) is 16.0 Å². The molecule has 4 N–H and O–H groups in total. The minimum atomic E-state index is -1.09. The van der Waals surface area contributed by atoms with E-state index in [0.717, 1.165) is 0 Å². The summed E-state index contributed by atoms with van der Waals surface area (Å²) in [6.45, 7) is 7.67. The van der Waals surface area contributed by atoms with Crippen molar-refractivity contribution >= 4 is 17.9 Å². The zero-order valence-corrected chi connectivity index (χ0v) is 11.9. The maximum Gasteiger partial charge on any atom is 0.326 e. The number of carbonyl (C=O) groups excluding carboxylic acids is 2. The molecule has 0 spiro atoms. The van der Waals surface area contributed by atoms with Gasteiger partial charge in [-0.2, -0.15) is 0 Å². The number of aliphatic carboxylic acids is 1. The molecule has 0 rings (SSSR count). The Morgan fingerprint density at radius 1 is 1.16 bits per heavy atom. The molecule has 19 heavy (non-hydrogen) atoms. The maximum atomic E-state index is 11.5. The second-order valence-electron chi connectivity index (χ2n) is 5.24. The molecule has 3 amide bonds. The van der Waals surface area contributed by atoms with Crippen LogP contribution < -0.4 is 16.0 Å². The molecular formula is C12H23N3O4. The van der Waals surface area contributed by atoms with E-state index in [1.807, 2.05) is 0 Å². The third-order valence-electron chi connectivity index (χ3n) is 2.40. The molecule has 110 valence electrons. The summed E-state index contributed by atoms with van der Waals surface area (Å²) in [5, 5.41) is 16.5. The smallest absolute Gasteiger partial charge is 0.326 e. The van der Waals surface area contributed by atoms with Gasteiger partial charge in [-0.3, -0.25) is 4.79 Å². The van der Waals surface area contributed by atoms with Gasteiger partial charge >= 0.3 is 12.0 Å². The predicted octanol–water partition coefficient (Wildman–Crippen LogP) is 0.311. The maximum absolute atomic E-state index is 11.5. The van der Waals surface area contributed by atoms with E-state index in [1.54, 1.807) is 27.7 Å². The summed E-state index contributed by atoms with van der Waals surface area (Å²) in [6, 6.07) is -1.58. The number of hydrogen-bond donors (Lipinski definition) is 4. The molecule has 0 unspecified atom stereocenters. The minimum absolute atomic E-state index is 0.159. The Labute approximate surface area is 113 Å². The van der Waals surface area contributed by atoms with E-state index < -0.39 is 23.5 Å². The van der Waals surface area contributed by atoms with Crippen LogP contribution in [0.1, 0.15) is 34.1 Å². The lowest BCUT2D eigenvalue weighted by atomic mass is 9.87. The number of nitrogens with one attached hydrogen (secondary N) is 3. The molecule has 7 nitrogen and oxygen atoms in total. The van der Waals surface area contributed by atoms with Crippen molar-refractivity contribution in [1.29, 1.82) is 0 Å². The average molecular weight is 273 g/mol. The molecule has 0 aromatic carbocycles. The summed E-state index contributed by atoms with van der Waals surface area (Å²) in [5.74, 6) is -1.25. The first kappa shape index (κ1) is 17.2. The highest BCUT2D eigenvalue weighted by Gasteiger charge is 2.32. The number of urea groups is 1. The molecule has 0 heterocycles. The molecule has 0 aromatic rings. The minimum Gasteiger partial charge on any atom is -0.480 e. The van der Waals surface area contributed by atoms with Gasteiger partial charge in [0.05, 0.1) is 0 Å². The number of carbonyl (C=O) groups is 3. The van der Waals surface area contributed by atoms with Gasteiger partial charge in [-0.15, -0.1) is 0 Å². The normalized spacial score (nSPS) is 12.4. The molecular weight excluding hydrogens is 250 g/mol. The number of carboxylic acid groups (broad SMARTS) is 1. The topological polar surface area (TPSA) is 108 Å². The molecule has 0 saturated heterocycles. The Morgan fingerprint density at radius 3 is 2.16 bits per heavy atom. The van der Waals surface area contributed by atoms with Gasteiger partial charge in [-0.25, -0.2) is 9.59 Å². The first-order valence-electron chi connectivity index (χ1n) is 6.22. The monoisotopic (exact) mass is 273 g/mol. The molecule has 7 heteroatoms. The molecule has 0 aliphatic rings. The van der Waals surface area contributed by atoms with Crippen molar-refractivity contribution in [3.8, 4) is 0 Å². The first-order chi connectivity index (χ1) is 8.68. The van der Waals surface area contributed by atoms with E-state index >= 15 is 0 Å². The van der Waals surface area contributed by atoms with Crippen LogP contribution in [-0.2, 0) is 9.59 Å². The Balaban J connectivity index is 4.15. The van der Waals surface area contributed by atoms with Gasteiger partial charge in [-0.05, 0) is 12.3 Å². The number of amides is 3. The van der Waals surface area contributed by atoms with Gasteiger partial charge in [0.15, 0.2) is 0 Å². The summed E-state index contributed by atoms with van der Waals surface area (Å²) >= 11 is 0. The summed E-state index contributed by atoms with van der Waals surface area (Å²) in [5.41, 5.74) is -0.594. The van der Waals surface area contributed by atoms with E-state index in [1.165, 1.54) is 0 Å². The number of carboxylic acids is 1. The van der Waals surface area contributed by atoms with Crippen LogP contribution in [0, 0.1) is 5.41 Å². The Kier molecular flexibility index (Phi) is 6.89. The van der Waals surface area contributed by atoms with Crippen molar-refractivity contribution in [3.63, 3.8) is 0 Å². The lowest BCUT2D eigenvalue weighted by Gasteiger charge is -2.27. The second-order valence-corrected chi connectivity index (χ2v) is 5.24. The van der Waals surface area contributed by atoms with Crippen LogP contribution in [-0.4, -0.2) is 42.1 Å². The van der Waals surface area contributed by atoms with Crippen LogP contribution >= 0.6 is 0 Å². The average Bonchev–Trinajstić information content (AvgIpc) is 2.24. The summed E-state index contributed by atoms with van der Waals surface area (Å²) in [6.07, 6.45) is 0.161. The number of rotatable bonds is 6. The van der Waals surface area contributed by atoms with Crippen LogP contribution in [0.15, 0.2) is 0 Å². The molecule has 0 aliphatic heterocycles. The van der Waals surface area contributed by atoms with Gasteiger partial charge < -0.3 is 21.1 Å². The highest BCUT2D eigenvalue weighted by Crippen LogP contribution is 2.19. The van der Waals surface area contributed by atoms with Crippen LogP contribution in [0.25, 0.3) is 0 Å². The van der Waals surface area contributed by atoms with Crippen LogP contribution in [0.3, 0.4) is 0 Å². The summed E-state index contributed by atoms with van der Waals surface area (Å²) in [7, 11) is 0. The third kappa shape index (κ3) is 7.28. The summed E-state index contributed by atoms with van der Waals surface area (Å²) < 4.78 is 0. The lowest BCUT2D eigenvalue weighted by molar-refractivity contribution is -0.141. The molecule has 0 saturated carbocycles. The van der Waals surface area contributed by atoms with Crippen molar-refractivity contribution in [3.05, 3.63) is 0 Å². The van der Waals surface area contributed by atoms with Gasteiger partial charge in [0, 0.05) is 19.5 Å². The van der Waals surface area contributed by atoms with E-state index in [9.17, 15) is 14.4 Å². The second kappa shape index (κ2) is 7.60. The van der Waals surface area contributed by atoms with Crippen LogP contribution in [0.2, 0.25) is 0 Å². The lowest BCUT2D eigenvalue weighted by Crippen LogP contribution is -2.52. The van der Waals surface area contributed by atoms with Crippen molar-refractivity contribution in [2.45, 2.75) is 40.2 Å². The Bertz CT molecular complexity index is 336. The van der Waals surface area contributed by atoms with Crippen molar-refractivity contribution in [2.24, 2.45) is 5.41 Å². The quantitative estimate of drug-likeness (QED) is 0.558. The zero-order valence-electron chi connectivity index (χ0n) is 11.9. The van der Waals surface area contributed by atoms with Gasteiger partial charge in [0.2, 0.25) is 5.91 Å². The van der Waals surface area contributed by atoms with E-state index in [-0.39, 0.29) is 18.9 Å². The highest BCUT2D eigenvalue weighted by molar-refractivity contribution is 5.83. The van der Waals surface area contributed by atoms with E-state index in [4.69, 9.17) is 5.11 Å². The van der Waals surface area contributed by atoms with Crippen LogP contribution in [0.4, 0.5) is 4.79 Å². The van der Waals surface area contributed by atoms with Crippen molar-refractivity contribution in [2.75, 3.05) is 13.1 Å². The molecule has 0 aliphatic carbocycles. The first-order valence-corrected chi connectivity index (χ1v) is 6.22. The predicted molar refractivity (Wildman–Crippen MR) is 70.7 cm³/mol. The fourth-order valence-electron chi connectivity index (χ4n) is 1.41. The Morgan fingerprint density at radius 2 is 1.74 bits per heavy atom. The van der Waals surface area contributed by atoms with Crippen molar-refractivity contribution < 1.29 is 19.5 Å². The fraction of sp³-hybridized carbons (Fsp3) is 0.750. The van der Waals surface area contributed by atoms with Gasteiger partial charge in [-0.1, -0.05) is 20.8 Å². The SMILES string of the molecule is CCNC(=O)CCNC(=O)N[C@H](C(=O)O)C(C)(C)C. The largest absolute Gasteiger partial charge is 0.480 e. The fourth-order valence-corrected chi connectivity index (χ4v) is 1.41. The zero-order chi connectivity index (χ0) is 15.1. The van der Waals surface area contributed by atoms with E-state index in [2.05, 4.69) is 16.0 Å². The Hall–Kier alpha value is -1.79. The standard InChI is InChI=1S/C12H23N3O4/c1-5-13-8(16)6-7-14-11(19)15-9(10(17)18)12(2,3)4/h9H,5-7H2,1-4H3,(H,13,16)(H,17,18)(H2,14,15,19)/t9-/m1/s1. The summed E-state index contributed by atoms with van der Waals surface area (Å²) in [4.78, 5) is 33.7. The molecule has 0 fully saturated rings. The van der Waals surface area contributed by atoms with E-state index in [0.29, 0.717) is 6.54 Å². The molecule has 1 atom stereocenters. The number of hydrogen-bond acceptors (Lipinski definition) is 3. The molecule has 0 radical (unpaired) electrons. The molecule has 0 bridgehead atoms. The van der Waals surface area contributed by atoms with Gasteiger partial charge in [0.25, 0.3) is 0 Å². The highest BCUT2D eigenvalue weighted by atomic mass is 16.4. The van der Waals surface area contributed by atoms with Crippen LogP contribution in [0.5, 0.6) is 0 Å². The van der Waals surface area contributed by atoms with Gasteiger partial charge in [0.1, 0.15) is 6.04 Å².